The lowest BCUT2D eigenvalue weighted by Gasteiger charge is -2.49. The summed E-state index contributed by atoms with van der Waals surface area (Å²) in [6.45, 7) is 0.503. The fourth-order valence-corrected chi connectivity index (χ4v) is 6.18. The number of benzene rings is 2. The van der Waals surface area contributed by atoms with E-state index in [1.165, 1.54) is 28.4 Å². The Hall–Kier alpha value is -3.28. The third-order valence-corrected chi connectivity index (χ3v) is 8.10. The first-order valence-electron chi connectivity index (χ1n) is 11.6. The number of fused-ring (bicyclic) bond motifs is 2. The second-order valence-corrected chi connectivity index (χ2v) is 11.0. The molecule has 0 radical (unpaired) electrons. The van der Waals surface area contributed by atoms with Crippen LogP contribution in [0, 0.1) is 0 Å². The van der Waals surface area contributed by atoms with Gasteiger partial charge in [-0.1, -0.05) is 42.5 Å². The van der Waals surface area contributed by atoms with Gasteiger partial charge >= 0.3 is 5.97 Å². The van der Waals surface area contributed by atoms with Gasteiger partial charge in [0.2, 0.25) is 11.8 Å². The van der Waals surface area contributed by atoms with Gasteiger partial charge in [-0.25, -0.2) is 4.79 Å². The molecule has 1 saturated heterocycles. The molecule has 0 aliphatic carbocycles. The highest BCUT2D eigenvalue weighted by Gasteiger charge is 2.53. The van der Waals surface area contributed by atoms with Gasteiger partial charge in [-0.3, -0.25) is 19.3 Å². The highest BCUT2D eigenvalue weighted by molar-refractivity contribution is 8.00. The van der Waals surface area contributed by atoms with Crippen molar-refractivity contribution in [1.29, 1.82) is 0 Å². The van der Waals surface area contributed by atoms with E-state index in [1.54, 1.807) is 31.1 Å². The monoisotopic (exact) mass is 540 g/mol. The molecule has 0 bridgehead atoms. The molecular weight excluding hydrogens is 512 g/mol. The molecule has 2 atom stereocenters. The van der Waals surface area contributed by atoms with Gasteiger partial charge in [-0.05, 0) is 42.6 Å². The minimum absolute atomic E-state index is 0.0827. The van der Waals surface area contributed by atoms with Crippen LogP contribution in [-0.4, -0.2) is 88.7 Å². The Kier molecular flexibility index (Phi) is 8.57. The Morgan fingerprint density at radius 2 is 1.92 bits per heavy atom. The first-order chi connectivity index (χ1) is 17.7. The molecule has 0 saturated carbocycles. The average molecular weight is 541 g/mol. The highest BCUT2D eigenvalue weighted by Crippen LogP contribution is 2.40. The normalized spacial score (nSPS) is 19.2. The number of β-lactam (4-membered cyclic amide) rings is 1. The molecule has 194 valence electrons. The largest absolute Gasteiger partial charge is 0.477 e. The van der Waals surface area contributed by atoms with Crippen molar-refractivity contribution in [2.24, 2.45) is 0 Å². The summed E-state index contributed by atoms with van der Waals surface area (Å²) in [4.78, 5) is 53.1. The van der Waals surface area contributed by atoms with E-state index in [9.17, 15) is 24.3 Å². The molecule has 3 amide bonds. The van der Waals surface area contributed by atoms with Crippen molar-refractivity contribution in [3.05, 3.63) is 65.9 Å². The third kappa shape index (κ3) is 6.35. The number of hydrogen-bond donors (Lipinski definition) is 3. The van der Waals surface area contributed by atoms with Gasteiger partial charge in [0, 0.05) is 17.2 Å². The van der Waals surface area contributed by atoms with Gasteiger partial charge < -0.3 is 20.6 Å². The van der Waals surface area contributed by atoms with Crippen LogP contribution in [0.25, 0.3) is 10.8 Å². The van der Waals surface area contributed by atoms with E-state index in [-0.39, 0.29) is 36.4 Å². The summed E-state index contributed by atoms with van der Waals surface area (Å²) in [5, 5.41) is 17.0. The molecule has 3 N–H and O–H groups in total. The molecule has 2 aliphatic rings. The van der Waals surface area contributed by atoms with Crippen LogP contribution in [0.4, 0.5) is 0 Å². The van der Waals surface area contributed by atoms with Crippen molar-refractivity contribution in [1.82, 2.24) is 20.4 Å². The first-order valence-corrected chi connectivity index (χ1v) is 13.7. The van der Waals surface area contributed by atoms with E-state index in [1.807, 2.05) is 42.5 Å². The number of aliphatic carboxylic acids is 1. The summed E-state index contributed by atoms with van der Waals surface area (Å²) in [6, 6.07) is 13.2. The molecule has 2 aromatic rings. The number of carboxylic acids is 1. The number of carbonyl (C=O) groups is 4. The van der Waals surface area contributed by atoms with Crippen molar-refractivity contribution < 1.29 is 24.3 Å². The van der Waals surface area contributed by atoms with Crippen LogP contribution >= 0.6 is 23.5 Å². The molecular formula is C26H28N4O5S2. The molecule has 0 unspecified atom stereocenters. The van der Waals surface area contributed by atoms with Gasteiger partial charge in [-0.15, -0.1) is 23.5 Å². The zero-order valence-corrected chi connectivity index (χ0v) is 22.1. The molecule has 1 fully saturated rings. The summed E-state index contributed by atoms with van der Waals surface area (Å²) in [5.41, 5.74) is 0.404. The molecule has 0 spiro atoms. The second-order valence-electron chi connectivity index (χ2n) is 8.88. The predicted octanol–water partition coefficient (Wildman–Crippen LogP) is 1.90. The number of hydrogen-bond acceptors (Lipinski definition) is 7. The van der Waals surface area contributed by atoms with Crippen molar-refractivity contribution in [3.63, 3.8) is 0 Å². The molecule has 2 aliphatic heterocycles. The summed E-state index contributed by atoms with van der Waals surface area (Å²) >= 11 is 2.79. The van der Waals surface area contributed by atoms with Gasteiger partial charge in [0.05, 0.1) is 12.3 Å². The Morgan fingerprint density at radius 3 is 2.65 bits per heavy atom. The number of nitrogens with one attached hydrogen (secondary N) is 2. The molecule has 2 aromatic carbocycles. The smallest absolute Gasteiger partial charge is 0.352 e. The van der Waals surface area contributed by atoms with Gasteiger partial charge in [-0.2, -0.15) is 0 Å². The second kappa shape index (κ2) is 11.8. The van der Waals surface area contributed by atoms with Gasteiger partial charge in [0.1, 0.15) is 17.1 Å². The van der Waals surface area contributed by atoms with Crippen LogP contribution in [-0.2, 0) is 19.2 Å². The number of amides is 3. The molecule has 9 nitrogen and oxygen atoms in total. The van der Waals surface area contributed by atoms with Crippen molar-refractivity contribution in [3.8, 4) is 0 Å². The molecule has 4 rings (SSSR count). The van der Waals surface area contributed by atoms with Gasteiger partial charge in [0.15, 0.2) is 0 Å². The number of nitrogens with zero attached hydrogens (tertiary/aromatic N) is 2. The molecule has 37 heavy (non-hydrogen) atoms. The Morgan fingerprint density at radius 1 is 1.16 bits per heavy atom. The standard InChI is InChI=1S/C26H28N4O5S2/c1-29(2)13-20(31)27-11-5-8-18-14-37-25-22(24(33)30(25)23(18)26(34)35)28-21(32)15-36-19-10-9-16-6-3-4-7-17(16)12-19/h3-10,12,22,25H,11,13-15H2,1-2H3,(H,27,31)(H,28,32)(H,34,35)/b8-5+/t22-,25-/m1/s1. The maximum atomic E-state index is 12.8. The third-order valence-electron chi connectivity index (χ3n) is 5.80. The predicted molar refractivity (Wildman–Crippen MR) is 145 cm³/mol. The topological polar surface area (TPSA) is 119 Å². The van der Waals surface area contributed by atoms with Crippen molar-refractivity contribution in [2.75, 3.05) is 38.7 Å². The zero-order chi connectivity index (χ0) is 26.5. The quantitative estimate of drug-likeness (QED) is 0.309. The number of rotatable bonds is 10. The van der Waals surface area contributed by atoms with Crippen LogP contribution in [0.5, 0.6) is 0 Å². The first kappa shape index (κ1) is 26.8. The minimum atomic E-state index is -1.20. The van der Waals surface area contributed by atoms with Crippen LogP contribution < -0.4 is 10.6 Å². The van der Waals surface area contributed by atoms with Crippen molar-refractivity contribution in [2.45, 2.75) is 16.3 Å². The summed E-state index contributed by atoms with van der Waals surface area (Å²) in [6.07, 6.45) is 3.29. The van der Waals surface area contributed by atoms with Crippen molar-refractivity contribution >= 4 is 58.0 Å². The Balaban J connectivity index is 1.33. The van der Waals surface area contributed by atoms with E-state index in [2.05, 4.69) is 10.6 Å². The molecule has 0 aromatic heterocycles. The lowest BCUT2D eigenvalue weighted by molar-refractivity contribution is -0.150. The lowest BCUT2D eigenvalue weighted by atomic mass is 10.0. The fraction of sp³-hybridized carbons (Fsp3) is 0.308. The maximum Gasteiger partial charge on any atom is 0.352 e. The summed E-state index contributed by atoms with van der Waals surface area (Å²) < 4.78 is 0. The highest BCUT2D eigenvalue weighted by atomic mass is 32.2. The van der Waals surface area contributed by atoms with E-state index >= 15 is 0 Å². The van der Waals surface area contributed by atoms with E-state index in [4.69, 9.17) is 0 Å². The number of carbonyl (C=O) groups excluding carboxylic acids is 3. The average Bonchev–Trinajstić information content (AvgIpc) is 2.87. The zero-order valence-electron chi connectivity index (χ0n) is 20.5. The van der Waals surface area contributed by atoms with Crippen LogP contribution in [0.2, 0.25) is 0 Å². The fourth-order valence-electron chi connectivity index (χ4n) is 4.11. The molecule has 11 heteroatoms. The number of likely N-dealkylation sites (N-methyl/N-ethyl adjacent to an activating group) is 1. The molecule has 2 heterocycles. The Labute approximate surface area is 223 Å². The number of carboxylic acid groups (broad SMARTS) is 1. The Bertz CT molecular complexity index is 1290. The van der Waals surface area contributed by atoms with E-state index in [0.717, 1.165) is 15.7 Å². The summed E-state index contributed by atoms with van der Waals surface area (Å²) in [7, 11) is 3.58. The van der Waals surface area contributed by atoms with E-state index < -0.39 is 23.3 Å². The SMILES string of the molecule is CN(C)CC(=O)NC/C=C/C1=C(C(=O)O)N2C(=O)[C@@H](NC(=O)CSc3ccc4ccccc4c3)[C@H]2SC1. The van der Waals surface area contributed by atoms with Crippen LogP contribution in [0.15, 0.2) is 70.8 Å². The number of thioether (sulfide) groups is 2. The van der Waals surface area contributed by atoms with E-state index in [0.29, 0.717) is 11.3 Å². The number of allylic oxidation sites excluding steroid dienone is 1. The van der Waals surface area contributed by atoms with Crippen LogP contribution in [0.1, 0.15) is 0 Å². The summed E-state index contributed by atoms with van der Waals surface area (Å²) in [5.74, 6) is -1.55. The minimum Gasteiger partial charge on any atom is -0.477 e. The van der Waals surface area contributed by atoms with Crippen LogP contribution in [0.3, 0.4) is 0 Å². The maximum absolute atomic E-state index is 12.8. The van der Waals surface area contributed by atoms with Gasteiger partial charge in [0.25, 0.3) is 5.91 Å². The lowest BCUT2D eigenvalue weighted by Crippen LogP contribution is -2.70.